The minimum absolute atomic E-state index is 0.161. The largest absolute Gasteiger partial charge is 0.367 e. The van der Waals surface area contributed by atoms with E-state index in [1.165, 1.54) is 12.8 Å². The molecule has 0 radical (unpaired) electrons. The lowest BCUT2D eigenvalue weighted by Crippen LogP contribution is -2.35. The minimum Gasteiger partial charge on any atom is -0.367 e. The third-order valence-corrected chi connectivity index (χ3v) is 3.80. The van der Waals surface area contributed by atoms with Gasteiger partial charge in [0.1, 0.15) is 0 Å². The summed E-state index contributed by atoms with van der Waals surface area (Å²) in [7, 11) is 0. The summed E-state index contributed by atoms with van der Waals surface area (Å²) in [5.41, 5.74) is 1.12. The molecular formula is C14H23N3O. The lowest BCUT2D eigenvalue weighted by Gasteiger charge is -2.28. The summed E-state index contributed by atoms with van der Waals surface area (Å²) in [5.74, 6) is 1.27. The summed E-state index contributed by atoms with van der Waals surface area (Å²) in [5, 5.41) is 6.38. The van der Waals surface area contributed by atoms with E-state index in [1.807, 2.05) is 18.5 Å². The standard InChI is InChI=1S/C14H23N3O/c1-11(13-3-2-5-15-10-13)7-14(18)17-9-12-4-6-16-8-12/h4,6,8,11,13,15-16H,2-3,5,7,9-10H2,1H3,(H,17,18). The first-order valence-electron chi connectivity index (χ1n) is 6.85. The van der Waals surface area contributed by atoms with Crippen LogP contribution in [0, 0.1) is 11.8 Å². The molecule has 4 nitrogen and oxygen atoms in total. The summed E-state index contributed by atoms with van der Waals surface area (Å²) in [6, 6.07) is 1.98. The monoisotopic (exact) mass is 249 g/mol. The first-order chi connectivity index (χ1) is 8.75. The molecule has 0 saturated carbocycles. The van der Waals surface area contributed by atoms with Crippen LogP contribution in [0.4, 0.5) is 0 Å². The highest BCUT2D eigenvalue weighted by Crippen LogP contribution is 2.22. The van der Waals surface area contributed by atoms with Crippen molar-refractivity contribution in [3.63, 3.8) is 0 Å². The van der Waals surface area contributed by atoms with Crippen LogP contribution in [-0.2, 0) is 11.3 Å². The summed E-state index contributed by atoms with van der Waals surface area (Å²) in [6.45, 7) is 5.00. The van der Waals surface area contributed by atoms with Gasteiger partial charge in [-0.25, -0.2) is 0 Å². The van der Waals surface area contributed by atoms with Gasteiger partial charge in [0, 0.05) is 25.4 Å². The Bertz CT molecular complexity index is 355. The van der Waals surface area contributed by atoms with Crippen molar-refractivity contribution in [3.05, 3.63) is 24.0 Å². The summed E-state index contributed by atoms with van der Waals surface area (Å²) < 4.78 is 0. The fourth-order valence-corrected chi connectivity index (χ4v) is 2.56. The van der Waals surface area contributed by atoms with Crippen molar-refractivity contribution >= 4 is 5.91 Å². The Balaban J connectivity index is 1.69. The van der Waals surface area contributed by atoms with Crippen molar-refractivity contribution in [2.24, 2.45) is 11.8 Å². The van der Waals surface area contributed by atoms with Gasteiger partial charge in [-0.1, -0.05) is 6.92 Å². The molecule has 0 aromatic carbocycles. The van der Waals surface area contributed by atoms with Crippen molar-refractivity contribution in [2.45, 2.75) is 32.7 Å². The smallest absolute Gasteiger partial charge is 0.220 e. The van der Waals surface area contributed by atoms with Crippen molar-refractivity contribution in [1.82, 2.24) is 15.6 Å². The number of hydrogen-bond acceptors (Lipinski definition) is 2. The van der Waals surface area contributed by atoms with Crippen LogP contribution < -0.4 is 10.6 Å². The molecule has 1 saturated heterocycles. The molecule has 2 heterocycles. The highest BCUT2D eigenvalue weighted by molar-refractivity contribution is 5.76. The number of nitrogens with one attached hydrogen (secondary N) is 3. The number of rotatable bonds is 5. The number of hydrogen-bond donors (Lipinski definition) is 3. The van der Waals surface area contributed by atoms with E-state index in [4.69, 9.17) is 0 Å². The van der Waals surface area contributed by atoms with Crippen LogP contribution in [0.15, 0.2) is 18.5 Å². The van der Waals surface area contributed by atoms with Gasteiger partial charge in [-0.15, -0.1) is 0 Å². The summed E-state index contributed by atoms with van der Waals surface area (Å²) in [6.07, 6.45) is 6.91. The number of carbonyl (C=O) groups excluding carboxylic acids is 1. The van der Waals surface area contributed by atoms with Gasteiger partial charge in [0.05, 0.1) is 0 Å². The third kappa shape index (κ3) is 3.88. The second-order valence-corrected chi connectivity index (χ2v) is 5.28. The van der Waals surface area contributed by atoms with Gasteiger partial charge in [-0.05, 0) is 49.4 Å². The normalized spacial score (nSPS) is 21.5. The molecule has 0 aliphatic carbocycles. The average Bonchev–Trinajstić information content (AvgIpc) is 2.90. The first-order valence-corrected chi connectivity index (χ1v) is 6.85. The lowest BCUT2D eigenvalue weighted by molar-refractivity contribution is -0.122. The van der Waals surface area contributed by atoms with Crippen LogP contribution in [-0.4, -0.2) is 24.0 Å². The summed E-state index contributed by atoms with van der Waals surface area (Å²) >= 11 is 0. The van der Waals surface area contributed by atoms with Gasteiger partial charge >= 0.3 is 0 Å². The fourth-order valence-electron chi connectivity index (χ4n) is 2.56. The second kappa shape index (κ2) is 6.59. The van der Waals surface area contributed by atoms with Crippen LogP contribution >= 0.6 is 0 Å². The van der Waals surface area contributed by atoms with E-state index < -0.39 is 0 Å². The Kier molecular flexibility index (Phi) is 4.81. The Hall–Kier alpha value is -1.29. The topological polar surface area (TPSA) is 56.9 Å². The molecule has 1 amide bonds. The predicted molar refractivity (Wildman–Crippen MR) is 72.0 cm³/mol. The number of aromatic amines is 1. The van der Waals surface area contributed by atoms with E-state index in [9.17, 15) is 4.79 Å². The highest BCUT2D eigenvalue weighted by Gasteiger charge is 2.21. The Morgan fingerprint density at radius 2 is 2.50 bits per heavy atom. The minimum atomic E-state index is 0.161. The number of aromatic nitrogens is 1. The molecule has 4 heteroatoms. The van der Waals surface area contributed by atoms with Gasteiger partial charge < -0.3 is 15.6 Å². The number of H-pyrrole nitrogens is 1. The molecule has 0 bridgehead atoms. The zero-order chi connectivity index (χ0) is 12.8. The number of piperidine rings is 1. The molecule has 2 rings (SSSR count). The van der Waals surface area contributed by atoms with Crippen molar-refractivity contribution < 1.29 is 4.79 Å². The second-order valence-electron chi connectivity index (χ2n) is 5.28. The zero-order valence-corrected chi connectivity index (χ0v) is 11.0. The van der Waals surface area contributed by atoms with E-state index in [-0.39, 0.29) is 5.91 Å². The van der Waals surface area contributed by atoms with Gasteiger partial charge in [-0.3, -0.25) is 4.79 Å². The summed E-state index contributed by atoms with van der Waals surface area (Å²) in [4.78, 5) is 14.8. The van der Waals surface area contributed by atoms with E-state index in [0.717, 1.165) is 18.7 Å². The number of carbonyl (C=O) groups is 1. The Morgan fingerprint density at radius 1 is 1.61 bits per heavy atom. The van der Waals surface area contributed by atoms with Crippen LogP contribution in [0.1, 0.15) is 31.7 Å². The van der Waals surface area contributed by atoms with Gasteiger partial charge in [0.2, 0.25) is 5.91 Å². The molecule has 1 aromatic heterocycles. The molecule has 1 aliphatic rings. The van der Waals surface area contributed by atoms with Gasteiger partial charge in [0.25, 0.3) is 0 Å². The van der Waals surface area contributed by atoms with Crippen molar-refractivity contribution in [3.8, 4) is 0 Å². The van der Waals surface area contributed by atoms with E-state index in [0.29, 0.717) is 24.8 Å². The molecule has 100 valence electrons. The van der Waals surface area contributed by atoms with E-state index >= 15 is 0 Å². The Morgan fingerprint density at radius 3 is 3.17 bits per heavy atom. The first kappa shape index (κ1) is 13.1. The molecule has 1 aromatic rings. The molecule has 3 N–H and O–H groups in total. The average molecular weight is 249 g/mol. The van der Waals surface area contributed by atoms with Crippen LogP contribution in [0.25, 0.3) is 0 Å². The molecular weight excluding hydrogens is 226 g/mol. The number of amides is 1. The molecule has 2 unspecified atom stereocenters. The maximum absolute atomic E-state index is 11.8. The third-order valence-electron chi connectivity index (χ3n) is 3.80. The fraction of sp³-hybridized carbons (Fsp3) is 0.643. The quantitative estimate of drug-likeness (QED) is 0.743. The van der Waals surface area contributed by atoms with Gasteiger partial charge in [-0.2, -0.15) is 0 Å². The van der Waals surface area contributed by atoms with Crippen molar-refractivity contribution in [1.29, 1.82) is 0 Å². The van der Waals surface area contributed by atoms with Gasteiger partial charge in [0.15, 0.2) is 0 Å². The maximum Gasteiger partial charge on any atom is 0.220 e. The van der Waals surface area contributed by atoms with E-state index in [2.05, 4.69) is 22.5 Å². The predicted octanol–water partition coefficient (Wildman–Crippen LogP) is 1.66. The molecule has 2 atom stereocenters. The highest BCUT2D eigenvalue weighted by atomic mass is 16.1. The van der Waals surface area contributed by atoms with Crippen LogP contribution in [0.5, 0.6) is 0 Å². The van der Waals surface area contributed by atoms with Crippen LogP contribution in [0.3, 0.4) is 0 Å². The molecule has 18 heavy (non-hydrogen) atoms. The lowest BCUT2D eigenvalue weighted by atomic mass is 9.85. The zero-order valence-electron chi connectivity index (χ0n) is 11.0. The van der Waals surface area contributed by atoms with Crippen LogP contribution in [0.2, 0.25) is 0 Å². The Labute approximate surface area is 109 Å². The SMILES string of the molecule is CC(CC(=O)NCc1cc[nH]c1)C1CCCNC1. The molecule has 1 aliphatic heterocycles. The van der Waals surface area contributed by atoms with E-state index in [1.54, 1.807) is 0 Å². The molecule has 1 fully saturated rings. The maximum atomic E-state index is 11.8. The molecule has 0 spiro atoms. The van der Waals surface area contributed by atoms with Crippen molar-refractivity contribution in [2.75, 3.05) is 13.1 Å².